The number of rotatable bonds is 6. The van der Waals surface area contributed by atoms with Crippen LogP contribution in [-0.4, -0.2) is 38.5 Å². The number of hydrogen-bond acceptors (Lipinski definition) is 4. The lowest BCUT2D eigenvalue weighted by Gasteiger charge is -2.07. The second-order valence-electron chi connectivity index (χ2n) is 7.29. The molecule has 0 fully saturated rings. The van der Waals surface area contributed by atoms with Crippen molar-refractivity contribution in [3.8, 4) is 5.88 Å². The highest BCUT2D eigenvalue weighted by atomic mass is 16.3. The first-order valence-corrected chi connectivity index (χ1v) is 9.62. The lowest BCUT2D eigenvalue weighted by Crippen LogP contribution is -2.03. The molecule has 4 aromatic rings. The fourth-order valence-corrected chi connectivity index (χ4v) is 3.29. The first kappa shape index (κ1) is 18.7. The van der Waals surface area contributed by atoms with Gasteiger partial charge in [0.1, 0.15) is 5.69 Å². The maximum atomic E-state index is 10.9. The molecule has 5 heteroatoms. The van der Waals surface area contributed by atoms with Gasteiger partial charge in [-0.15, -0.1) is 0 Å². The van der Waals surface area contributed by atoms with Gasteiger partial charge in [0, 0.05) is 39.3 Å². The minimum absolute atomic E-state index is 0.167. The van der Waals surface area contributed by atoms with Crippen LogP contribution in [0.3, 0.4) is 0 Å². The van der Waals surface area contributed by atoms with E-state index in [-0.39, 0.29) is 5.88 Å². The Hall–Kier alpha value is -3.60. The van der Waals surface area contributed by atoms with Crippen LogP contribution in [0.4, 0.5) is 0 Å². The Labute approximate surface area is 170 Å². The van der Waals surface area contributed by atoms with Crippen LogP contribution in [0.15, 0.2) is 73.1 Å². The molecule has 0 unspecified atom stereocenters. The van der Waals surface area contributed by atoms with Gasteiger partial charge in [-0.25, -0.2) is 9.97 Å². The Bertz CT molecular complexity index is 1130. The summed E-state index contributed by atoms with van der Waals surface area (Å²) in [7, 11) is 3.93. The number of fused-ring (bicyclic) bond motifs is 1. The molecule has 0 bridgehead atoms. The predicted octanol–water partition coefficient (Wildman–Crippen LogP) is 4.15. The minimum atomic E-state index is 0.167. The highest BCUT2D eigenvalue weighted by Crippen LogP contribution is 2.25. The van der Waals surface area contributed by atoms with Crippen molar-refractivity contribution >= 4 is 11.7 Å². The van der Waals surface area contributed by atoms with E-state index < -0.39 is 0 Å². The maximum absolute atomic E-state index is 10.9. The summed E-state index contributed by atoms with van der Waals surface area (Å²) in [6, 6.07) is 20.3. The third kappa shape index (κ3) is 4.29. The summed E-state index contributed by atoms with van der Waals surface area (Å²) in [5.41, 5.74) is 5.22. The van der Waals surface area contributed by atoms with E-state index in [4.69, 9.17) is 9.97 Å². The quantitative estimate of drug-likeness (QED) is 0.543. The van der Waals surface area contributed by atoms with E-state index in [0.717, 1.165) is 22.5 Å². The monoisotopic (exact) mass is 384 g/mol. The Morgan fingerprint density at radius 1 is 0.862 bits per heavy atom. The van der Waals surface area contributed by atoms with Gasteiger partial charge in [0.2, 0.25) is 5.88 Å². The normalized spacial score (nSPS) is 11.4. The van der Waals surface area contributed by atoms with Gasteiger partial charge in [-0.1, -0.05) is 60.7 Å². The molecule has 0 saturated carbocycles. The van der Waals surface area contributed by atoms with E-state index in [2.05, 4.69) is 12.1 Å². The van der Waals surface area contributed by atoms with E-state index in [9.17, 15) is 5.11 Å². The average Bonchev–Trinajstić information content (AvgIpc) is 3.04. The molecular formula is C24H24N4O. The van der Waals surface area contributed by atoms with Crippen molar-refractivity contribution in [2.24, 2.45) is 0 Å². The fraction of sp³-hybridized carbons (Fsp3) is 0.167. The number of imidazole rings is 1. The summed E-state index contributed by atoms with van der Waals surface area (Å²) in [4.78, 5) is 11.5. The van der Waals surface area contributed by atoms with Crippen LogP contribution in [0, 0.1) is 0 Å². The lowest BCUT2D eigenvalue weighted by atomic mass is 10.1. The molecule has 146 valence electrons. The molecule has 2 aromatic heterocycles. The number of benzene rings is 2. The van der Waals surface area contributed by atoms with Crippen LogP contribution < -0.4 is 0 Å². The molecule has 1 N–H and O–H groups in total. The molecule has 0 radical (unpaired) electrons. The number of nitrogens with zero attached hydrogens (tertiary/aromatic N) is 4. The first-order chi connectivity index (χ1) is 14.1. The smallest absolute Gasteiger partial charge is 0.219 e. The molecule has 0 aliphatic carbocycles. The Morgan fingerprint density at radius 2 is 1.45 bits per heavy atom. The lowest BCUT2D eigenvalue weighted by molar-refractivity contribution is 0.442. The third-order valence-electron chi connectivity index (χ3n) is 4.71. The van der Waals surface area contributed by atoms with Crippen molar-refractivity contribution in [3.63, 3.8) is 0 Å². The van der Waals surface area contributed by atoms with Crippen LogP contribution in [-0.2, 0) is 12.8 Å². The molecule has 0 spiro atoms. The third-order valence-corrected chi connectivity index (χ3v) is 4.71. The summed E-state index contributed by atoms with van der Waals surface area (Å²) >= 11 is 0. The molecule has 0 atom stereocenters. The van der Waals surface area contributed by atoms with Gasteiger partial charge in [-0.05, 0) is 17.2 Å². The van der Waals surface area contributed by atoms with Crippen molar-refractivity contribution in [1.29, 1.82) is 0 Å². The number of aromatic hydroxyl groups is 1. The summed E-state index contributed by atoms with van der Waals surface area (Å²) in [5.74, 6) is 0.167. The Balaban J connectivity index is 1.80. The molecule has 2 heterocycles. The van der Waals surface area contributed by atoms with Gasteiger partial charge in [0.25, 0.3) is 0 Å². The molecule has 0 saturated heterocycles. The highest BCUT2D eigenvalue weighted by Gasteiger charge is 2.16. The molecule has 0 aliphatic heterocycles. The summed E-state index contributed by atoms with van der Waals surface area (Å²) in [6.45, 7) is 0. The molecule has 2 aromatic carbocycles. The number of hydrogen-bond donors (Lipinski definition) is 1. The highest BCUT2D eigenvalue weighted by molar-refractivity contribution is 5.56. The van der Waals surface area contributed by atoms with Crippen LogP contribution in [0.1, 0.15) is 28.2 Å². The zero-order chi connectivity index (χ0) is 20.2. The first-order valence-electron chi connectivity index (χ1n) is 9.62. The van der Waals surface area contributed by atoms with Crippen molar-refractivity contribution in [2.75, 3.05) is 14.1 Å². The maximum Gasteiger partial charge on any atom is 0.219 e. The Kier molecular flexibility index (Phi) is 5.29. The second kappa shape index (κ2) is 8.19. The van der Waals surface area contributed by atoms with Gasteiger partial charge in [0.05, 0.1) is 11.4 Å². The van der Waals surface area contributed by atoms with Crippen molar-refractivity contribution in [2.45, 2.75) is 12.8 Å². The van der Waals surface area contributed by atoms with E-state index in [1.54, 1.807) is 4.40 Å². The molecule has 4 rings (SSSR count). The average molecular weight is 384 g/mol. The largest absolute Gasteiger partial charge is 0.493 e. The van der Waals surface area contributed by atoms with E-state index in [1.807, 2.05) is 86.0 Å². The van der Waals surface area contributed by atoms with Crippen molar-refractivity contribution < 1.29 is 5.11 Å². The van der Waals surface area contributed by atoms with Crippen molar-refractivity contribution in [3.05, 3.63) is 101 Å². The summed E-state index contributed by atoms with van der Waals surface area (Å²) < 4.78 is 1.75. The summed E-state index contributed by atoms with van der Waals surface area (Å²) in [5, 5.41) is 10.9. The Morgan fingerprint density at radius 3 is 2.03 bits per heavy atom. The van der Waals surface area contributed by atoms with Gasteiger partial charge in [0.15, 0.2) is 5.65 Å². The minimum Gasteiger partial charge on any atom is -0.493 e. The SMILES string of the molecule is CN(C)/C=C/c1cn2c(O)c(Cc3ccccc3)nc2c(Cc2ccccc2)n1. The molecule has 5 nitrogen and oxygen atoms in total. The van der Waals surface area contributed by atoms with E-state index in [0.29, 0.717) is 24.2 Å². The molecule has 0 amide bonds. The topological polar surface area (TPSA) is 53.7 Å². The van der Waals surface area contributed by atoms with Crippen molar-refractivity contribution in [1.82, 2.24) is 19.3 Å². The standard InChI is InChI=1S/C24H24N4O/c1-27(2)14-13-20-17-28-23(21(25-20)15-18-9-5-3-6-10-18)26-22(24(28)29)16-19-11-7-4-8-12-19/h3-14,17,29H,15-16H2,1-2H3/b14-13+. The van der Waals surface area contributed by atoms with Crippen LogP contribution in [0.2, 0.25) is 0 Å². The van der Waals surface area contributed by atoms with Gasteiger partial charge in [-0.2, -0.15) is 0 Å². The second-order valence-corrected chi connectivity index (χ2v) is 7.29. The van der Waals surface area contributed by atoms with E-state index >= 15 is 0 Å². The summed E-state index contributed by atoms with van der Waals surface area (Å²) in [6.07, 6.45) is 6.93. The van der Waals surface area contributed by atoms with Crippen LogP contribution >= 0.6 is 0 Å². The fourth-order valence-electron chi connectivity index (χ4n) is 3.29. The number of aromatic nitrogens is 3. The van der Waals surface area contributed by atoms with Gasteiger partial charge < -0.3 is 10.0 Å². The van der Waals surface area contributed by atoms with E-state index in [1.165, 1.54) is 0 Å². The van der Waals surface area contributed by atoms with Gasteiger partial charge in [-0.3, -0.25) is 4.40 Å². The molecule has 29 heavy (non-hydrogen) atoms. The van der Waals surface area contributed by atoms with Crippen LogP contribution in [0.5, 0.6) is 5.88 Å². The van der Waals surface area contributed by atoms with Crippen LogP contribution in [0.25, 0.3) is 11.7 Å². The zero-order valence-corrected chi connectivity index (χ0v) is 16.7. The zero-order valence-electron chi connectivity index (χ0n) is 16.7. The molecule has 0 aliphatic rings. The molecular weight excluding hydrogens is 360 g/mol. The van der Waals surface area contributed by atoms with Gasteiger partial charge >= 0.3 is 0 Å². The predicted molar refractivity (Wildman–Crippen MR) is 116 cm³/mol.